The van der Waals surface area contributed by atoms with Gasteiger partial charge in [-0.05, 0) is 96.7 Å². The molecule has 320 valence electrons. The van der Waals surface area contributed by atoms with Gasteiger partial charge in [0.05, 0.1) is 25.0 Å². The quantitative estimate of drug-likeness (QED) is 0.0812. The van der Waals surface area contributed by atoms with E-state index in [1.807, 2.05) is 27.7 Å². The van der Waals surface area contributed by atoms with Crippen LogP contribution in [0.15, 0.2) is 15.0 Å². The van der Waals surface area contributed by atoms with E-state index >= 15 is 0 Å². The van der Waals surface area contributed by atoms with Crippen molar-refractivity contribution in [3.8, 4) is 0 Å². The molecule has 57 heavy (non-hydrogen) atoms. The third-order valence-corrected chi connectivity index (χ3v) is 12.2. The lowest BCUT2D eigenvalue weighted by atomic mass is 9.62. The van der Waals surface area contributed by atoms with Crippen LogP contribution in [0.3, 0.4) is 0 Å². The summed E-state index contributed by atoms with van der Waals surface area (Å²) in [5, 5.41) is 8.99. The number of ether oxygens (including phenoxy) is 3. The van der Waals surface area contributed by atoms with Crippen LogP contribution in [0.2, 0.25) is 0 Å². The molecular weight excluding hydrogens is 732 g/mol. The number of carbonyl (C=O) groups excluding carboxylic acids is 6. The molecule has 3 fully saturated rings. The molecule has 6 atom stereocenters. The van der Waals surface area contributed by atoms with E-state index in [9.17, 15) is 28.8 Å². The summed E-state index contributed by atoms with van der Waals surface area (Å²) in [6, 6.07) is -0.713. The van der Waals surface area contributed by atoms with Gasteiger partial charge >= 0.3 is 18.3 Å². The topological polar surface area (TPSA) is 203 Å². The fourth-order valence-corrected chi connectivity index (χ4v) is 11.0. The first-order valence-electron chi connectivity index (χ1n) is 20.3. The lowest BCUT2D eigenvalue weighted by Crippen LogP contribution is -2.50. The van der Waals surface area contributed by atoms with E-state index in [0.717, 1.165) is 19.3 Å². The van der Waals surface area contributed by atoms with Crippen molar-refractivity contribution in [2.24, 2.45) is 52.9 Å². The molecule has 0 aromatic rings. The van der Waals surface area contributed by atoms with Crippen LogP contribution in [0.5, 0.6) is 0 Å². The summed E-state index contributed by atoms with van der Waals surface area (Å²) in [6.45, 7) is 20.9. The van der Waals surface area contributed by atoms with Crippen molar-refractivity contribution in [1.29, 1.82) is 0 Å². The predicted molar refractivity (Wildman–Crippen MR) is 214 cm³/mol. The number of amides is 3. The molecule has 0 aliphatic heterocycles. The number of hydrogen-bond acceptors (Lipinski definition) is 12. The highest BCUT2D eigenvalue weighted by Crippen LogP contribution is 2.48. The lowest BCUT2D eigenvalue weighted by molar-refractivity contribution is -0.0221. The van der Waals surface area contributed by atoms with Gasteiger partial charge in [0.25, 0.3) is 0 Å². The summed E-state index contributed by atoms with van der Waals surface area (Å²) in [5.41, 5.74) is -2.41. The molecule has 3 saturated carbocycles. The number of isocyanates is 3. The molecule has 3 amide bonds. The van der Waals surface area contributed by atoms with Gasteiger partial charge in [-0.15, -0.1) is 0 Å². The Morgan fingerprint density at radius 2 is 0.789 bits per heavy atom. The summed E-state index contributed by atoms with van der Waals surface area (Å²) in [7, 11) is 0. The van der Waals surface area contributed by atoms with Crippen molar-refractivity contribution in [3.63, 3.8) is 0 Å². The van der Waals surface area contributed by atoms with E-state index < -0.39 is 23.7 Å². The number of rotatable bonds is 16. The Balaban J connectivity index is 1.74. The van der Waals surface area contributed by atoms with Crippen molar-refractivity contribution < 1.29 is 43.0 Å². The minimum atomic E-state index is -1.09. The molecule has 0 radical (unpaired) electrons. The third-order valence-electron chi connectivity index (χ3n) is 12.2. The van der Waals surface area contributed by atoms with Crippen LogP contribution in [0.1, 0.15) is 133 Å². The molecule has 0 bridgehead atoms. The molecule has 0 heterocycles. The molecule has 0 aromatic carbocycles. The Hall–Kier alpha value is -4.05. The Kier molecular flexibility index (Phi) is 15.9. The zero-order chi connectivity index (χ0) is 42.8. The second-order valence-corrected chi connectivity index (χ2v) is 21.0. The summed E-state index contributed by atoms with van der Waals surface area (Å²) in [6.07, 6.45) is 9.60. The predicted octanol–water partition coefficient (Wildman–Crippen LogP) is 7.32. The van der Waals surface area contributed by atoms with Gasteiger partial charge in [0.2, 0.25) is 18.2 Å². The Bertz CT molecular complexity index is 1400. The van der Waals surface area contributed by atoms with Crippen LogP contribution >= 0.6 is 0 Å². The third kappa shape index (κ3) is 15.3. The second kappa shape index (κ2) is 19.1. The van der Waals surface area contributed by atoms with E-state index in [1.165, 1.54) is 0 Å². The van der Waals surface area contributed by atoms with Gasteiger partial charge in [-0.1, -0.05) is 69.2 Å². The van der Waals surface area contributed by atoms with Gasteiger partial charge in [0.1, 0.15) is 19.8 Å². The van der Waals surface area contributed by atoms with Crippen molar-refractivity contribution in [3.05, 3.63) is 0 Å². The van der Waals surface area contributed by atoms with Gasteiger partial charge < -0.3 is 30.2 Å². The van der Waals surface area contributed by atoms with Crippen LogP contribution in [-0.2, 0) is 28.6 Å². The highest BCUT2D eigenvalue weighted by Gasteiger charge is 2.45. The maximum absolute atomic E-state index is 13.4. The molecule has 0 aromatic heterocycles. The first-order valence-corrected chi connectivity index (χ1v) is 20.3. The Labute approximate surface area is 338 Å². The highest BCUT2D eigenvalue weighted by atomic mass is 16.6. The summed E-state index contributed by atoms with van der Waals surface area (Å²) in [4.78, 5) is 84.4. The van der Waals surface area contributed by atoms with Crippen molar-refractivity contribution in [2.45, 2.75) is 152 Å². The molecule has 3 rings (SSSR count). The van der Waals surface area contributed by atoms with Gasteiger partial charge in [0.15, 0.2) is 0 Å². The van der Waals surface area contributed by atoms with Crippen LogP contribution in [0.25, 0.3) is 0 Å². The Morgan fingerprint density at radius 1 is 0.526 bits per heavy atom. The van der Waals surface area contributed by atoms with Gasteiger partial charge in [-0.25, -0.2) is 43.7 Å². The summed E-state index contributed by atoms with van der Waals surface area (Å²) in [5.74, 6) is 0. The van der Waals surface area contributed by atoms with Crippen LogP contribution in [0.4, 0.5) is 14.4 Å². The zero-order valence-corrected chi connectivity index (χ0v) is 36.1. The molecule has 3 aliphatic carbocycles. The van der Waals surface area contributed by atoms with Crippen LogP contribution in [-0.4, -0.2) is 94.1 Å². The maximum atomic E-state index is 13.4. The molecule has 3 N–H and O–H groups in total. The number of nitrogens with zero attached hydrogens (tertiary/aromatic N) is 3. The van der Waals surface area contributed by atoms with Gasteiger partial charge in [0, 0.05) is 18.1 Å². The van der Waals surface area contributed by atoms with Crippen molar-refractivity contribution in [1.82, 2.24) is 16.0 Å². The molecule has 15 heteroatoms. The number of carbonyl (C=O) groups is 3. The van der Waals surface area contributed by atoms with Gasteiger partial charge in [-0.2, -0.15) is 0 Å². The van der Waals surface area contributed by atoms with E-state index in [-0.39, 0.29) is 70.4 Å². The molecule has 0 saturated heterocycles. The summed E-state index contributed by atoms with van der Waals surface area (Å²) >= 11 is 0. The fraction of sp³-hybridized carbons (Fsp3) is 0.857. The minimum Gasteiger partial charge on any atom is -0.449 e. The standard InChI is InChI=1S/C42H68N6O9/c1-11-42(24-55-33(52)46-30-12-36(2,3)18-39(8,15-30)21-43-27-49,25-56-34(53)47-31-13-37(4,5)19-40(9,16-31)22-44-28-50)26-57-35(54)48-32-14-38(6,7)20-41(10,17-32)23-45-29-51/h30-32H,11-26H2,1-10H3,(H,46,52)(H,47,53)(H,48,54). The van der Waals surface area contributed by atoms with Gasteiger partial charge in [-0.3, -0.25) is 0 Å². The first kappa shape index (κ1) is 47.3. The largest absolute Gasteiger partial charge is 0.449 e. The Morgan fingerprint density at radius 3 is 1.02 bits per heavy atom. The van der Waals surface area contributed by atoms with E-state index in [0.29, 0.717) is 64.6 Å². The second-order valence-electron chi connectivity index (χ2n) is 21.0. The molecule has 15 nitrogen and oxygen atoms in total. The van der Waals surface area contributed by atoms with E-state index in [2.05, 4.69) is 72.5 Å². The smallest absolute Gasteiger partial charge is 0.407 e. The molecular formula is C42H68N6O9. The maximum Gasteiger partial charge on any atom is 0.407 e. The minimum absolute atomic E-state index is 0.127. The van der Waals surface area contributed by atoms with E-state index in [1.54, 1.807) is 18.2 Å². The van der Waals surface area contributed by atoms with Crippen molar-refractivity contribution in [2.75, 3.05) is 39.5 Å². The van der Waals surface area contributed by atoms with E-state index in [4.69, 9.17) is 14.2 Å². The average Bonchev–Trinajstić information content (AvgIpc) is 3.06. The first-order chi connectivity index (χ1) is 26.4. The summed E-state index contributed by atoms with van der Waals surface area (Å²) < 4.78 is 17.5. The highest BCUT2D eigenvalue weighted by molar-refractivity contribution is 5.69. The molecule has 0 spiro atoms. The monoisotopic (exact) mass is 801 g/mol. The van der Waals surface area contributed by atoms with Crippen LogP contribution in [0, 0.1) is 37.9 Å². The number of alkyl carbamates (subject to hydrolysis) is 3. The molecule has 3 aliphatic rings. The zero-order valence-electron chi connectivity index (χ0n) is 36.1. The fourth-order valence-electron chi connectivity index (χ4n) is 11.0. The number of aliphatic imine (C=N–C) groups is 3. The normalized spacial score (nSPS) is 30.9. The number of hydrogen-bond donors (Lipinski definition) is 3. The SMILES string of the molecule is CCC(COC(=O)NC1CC(C)(C)CC(C)(CN=C=O)C1)(COC(=O)NC1CC(C)(C)CC(C)(CN=C=O)C1)COC(=O)NC1CC(C)(C)CC(C)(CN=C=O)C1. The van der Waals surface area contributed by atoms with Crippen LogP contribution < -0.4 is 16.0 Å². The number of nitrogens with one attached hydrogen (secondary N) is 3. The van der Waals surface area contributed by atoms with Crippen molar-refractivity contribution >= 4 is 36.5 Å². The average molecular weight is 801 g/mol. The molecule has 6 unspecified atom stereocenters. The lowest BCUT2D eigenvalue weighted by Gasteiger charge is -2.46.